The van der Waals surface area contributed by atoms with E-state index in [0.717, 1.165) is 73.9 Å². The summed E-state index contributed by atoms with van der Waals surface area (Å²) in [7, 11) is 0. The topological polar surface area (TPSA) is 70.4 Å². The minimum absolute atomic E-state index is 0. The van der Waals surface area contributed by atoms with E-state index in [0.29, 0.717) is 21.9 Å². The average Bonchev–Trinajstić information content (AvgIpc) is 3.27. The van der Waals surface area contributed by atoms with Crippen molar-refractivity contribution in [2.24, 2.45) is 26.8 Å². The summed E-state index contributed by atoms with van der Waals surface area (Å²) in [5.74, 6) is 2.24. The molecular formula is C48H53Cl2N5OS. The molecule has 0 saturated heterocycles. The zero-order valence-electron chi connectivity index (χ0n) is 31.0. The number of nitrogens with one attached hydrogen (secondary N) is 2. The van der Waals surface area contributed by atoms with Crippen LogP contribution < -0.4 is 15.4 Å². The van der Waals surface area contributed by atoms with Gasteiger partial charge in [0.15, 0.2) is 5.75 Å². The lowest BCUT2D eigenvalue weighted by molar-refractivity contribution is 0.484. The zero-order valence-corrected chi connectivity index (χ0v) is 33.4. The van der Waals surface area contributed by atoms with Gasteiger partial charge in [-0.05, 0) is 98.5 Å². The highest BCUT2D eigenvalue weighted by Gasteiger charge is 2.21. The zero-order chi connectivity index (χ0) is 37.9. The van der Waals surface area contributed by atoms with Gasteiger partial charge in [-0.1, -0.05) is 116 Å². The number of halogens is 2. The molecule has 2 N–H and O–H groups in total. The highest BCUT2D eigenvalue weighted by atomic mass is 35.5. The van der Waals surface area contributed by atoms with Crippen LogP contribution in [0.25, 0.3) is 0 Å². The lowest BCUT2D eigenvalue weighted by atomic mass is 9.98. The summed E-state index contributed by atoms with van der Waals surface area (Å²) in [5.41, 5.74) is 12.5. The fraction of sp³-hybridized carbons (Fsp3) is 0.229. The van der Waals surface area contributed by atoms with E-state index in [1.165, 1.54) is 15.4 Å². The van der Waals surface area contributed by atoms with Gasteiger partial charge in [-0.3, -0.25) is 9.98 Å². The molecule has 57 heavy (non-hydrogen) atoms. The van der Waals surface area contributed by atoms with Crippen molar-refractivity contribution in [3.8, 4) is 11.5 Å². The number of benzene rings is 5. The normalized spacial score (nSPS) is 12.5. The van der Waals surface area contributed by atoms with E-state index in [9.17, 15) is 0 Å². The van der Waals surface area contributed by atoms with E-state index in [2.05, 4.69) is 81.4 Å². The standard InChI is InChI=1S/C16H15ClN2.C16H14ClNO.C13H12N2S.3CH4/c1-10(2)16-12-5-3-4-6-13(12)18-14-8-7-11(17)9-15(14)19-16;1-10(2)16-12-9-11(17)7-8-14(12)19-15-6-4-3-5-13(15)18-16;1-8-7-10-9(2)14-11-5-3-4-6-12(11)15-13(10)16-8;;;/h3-10,18H,1-2H3;3-10H,1-2H3;3-7,15H,1-2H3;3*1H4. The van der Waals surface area contributed by atoms with E-state index in [-0.39, 0.29) is 22.3 Å². The molecule has 6 nitrogen and oxygen atoms in total. The monoisotopic (exact) mass is 817 g/mol. The summed E-state index contributed by atoms with van der Waals surface area (Å²) in [4.78, 5) is 15.5. The first-order valence-electron chi connectivity index (χ1n) is 18.0. The second kappa shape index (κ2) is 19.3. The van der Waals surface area contributed by atoms with Crippen molar-refractivity contribution in [3.63, 3.8) is 0 Å². The molecule has 3 aliphatic heterocycles. The molecule has 0 fully saturated rings. The van der Waals surface area contributed by atoms with Gasteiger partial charge in [-0.2, -0.15) is 0 Å². The molecule has 0 aliphatic carbocycles. The summed E-state index contributed by atoms with van der Waals surface area (Å²) < 4.78 is 5.96. The summed E-state index contributed by atoms with van der Waals surface area (Å²) in [5, 5.41) is 9.50. The second-order valence-electron chi connectivity index (χ2n) is 13.8. The van der Waals surface area contributed by atoms with E-state index >= 15 is 0 Å². The van der Waals surface area contributed by atoms with Gasteiger partial charge in [0.1, 0.15) is 16.4 Å². The van der Waals surface area contributed by atoms with E-state index < -0.39 is 0 Å². The number of para-hydroxylation sites is 5. The summed E-state index contributed by atoms with van der Waals surface area (Å²) in [6.07, 6.45) is 0. The Hall–Kier alpha value is -5.21. The Balaban J connectivity index is 0.000000185. The van der Waals surface area contributed by atoms with Crippen LogP contribution >= 0.6 is 34.5 Å². The smallest absolute Gasteiger partial charge is 0.153 e. The van der Waals surface area contributed by atoms with Crippen LogP contribution in [0.1, 0.15) is 78.5 Å². The predicted octanol–water partition coefficient (Wildman–Crippen LogP) is 16.6. The maximum atomic E-state index is 6.10. The third kappa shape index (κ3) is 10.0. The Morgan fingerprint density at radius 2 is 1.11 bits per heavy atom. The van der Waals surface area contributed by atoms with Crippen LogP contribution in [-0.2, 0) is 0 Å². The first-order valence-corrected chi connectivity index (χ1v) is 19.5. The van der Waals surface area contributed by atoms with Gasteiger partial charge < -0.3 is 15.4 Å². The minimum atomic E-state index is 0. The molecule has 0 radical (unpaired) electrons. The molecule has 1 aromatic heterocycles. The number of ether oxygens (including phenoxy) is 1. The van der Waals surface area contributed by atoms with Crippen LogP contribution in [0.2, 0.25) is 10.0 Å². The molecule has 9 heteroatoms. The second-order valence-corrected chi connectivity index (χ2v) is 15.9. The van der Waals surface area contributed by atoms with Crippen LogP contribution in [0.4, 0.5) is 39.1 Å². The quantitative estimate of drug-likeness (QED) is 0.183. The van der Waals surface area contributed by atoms with Gasteiger partial charge in [0.05, 0.1) is 34.2 Å². The first-order chi connectivity index (χ1) is 26.0. The van der Waals surface area contributed by atoms with Gasteiger partial charge in [-0.25, -0.2) is 4.99 Å². The fourth-order valence-corrected chi connectivity index (χ4v) is 7.70. The molecule has 0 amide bonds. The molecular weight excluding hydrogens is 766 g/mol. The molecule has 5 aromatic carbocycles. The van der Waals surface area contributed by atoms with E-state index in [1.54, 1.807) is 11.3 Å². The molecule has 0 atom stereocenters. The maximum absolute atomic E-state index is 6.10. The molecule has 4 heterocycles. The van der Waals surface area contributed by atoms with Crippen molar-refractivity contribution in [1.29, 1.82) is 0 Å². The third-order valence-electron chi connectivity index (χ3n) is 9.00. The lowest BCUT2D eigenvalue weighted by Gasteiger charge is -2.12. The van der Waals surface area contributed by atoms with Crippen molar-refractivity contribution < 1.29 is 4.74 Å². The SMILES string of the molecule is C.C.C.CC(C)C1=Nc2cc(Cl)ccc2Nc2ccccc21.CC(C)C1=Nc2ccccc2Oc2ccc(Cl)cc21.CC1=Nc2ccccc2Nc2sc(C)cc21. The van der Waals surface area contributed by atoms with Crippen molar-refractivity contribution >= 4 is 90.8 Å². The molecule has 0 saturated carbocycles. The number of thiophene rings is 1. The van der Waals surface area contributed by atoms with Gasteiger partial charge in [0.25, 0.3) is 0 Å². The lowest BCUT2D eigenvalue weighted by Crippen LogP contribution is -2.09. The Morgan fingerprint density at radius 1 is 0.526 bits per heavy atom. The predicted molar refractivity (Wildman–Crippen MR) is 252 cm³/mol. The highest BCUT2D eigenvalue weighted by molar-refractivity contribution is 7.16. The van der Waals surface area contributed by atoms with Crippen LogP contribution in [0.15, 0.2) is 130 Å². The number of fused-ring (bicyclic) bond motifs is 6. The Morgan fingerprint density at radius 3 is 1.84 bits per heavy atom. The van der Waals surface area contributed by atoms with Gasteiger partial charge in [0, 0.05) is 43.0 Å². The molecule has 296 valence electrons. The number of aryl methyl sites for hydroxylation is 1. The van der Waals surface area contributed by atoms with Crippen molar-refractivity contribution in [2.75, 3.05) is 10.6 Å². The molecule has 0 spiro atoms. The molecule has 0 bridgehead atoms. The van der Waals surface area contributed by atoms with Gasteiger partial charge >= 0.3 is 0 Å². The van der Waals surface area contributed by atoms with Gasteiger partial charge in [0.2, 0.25) is 0 Å². The number of anilines is 4. The van der Waals surface area contributed by atoms with Crippen LogP contribution in [0.5, 0.6) is 11.5 Å². The number of aliphatic imine (C=N–C) groups is 3. The number of hydrogen-bond donors (Lipinski definition) is 2. The Kier molecular flexibility index (Phi) is 15.1. The van der Waals surface area contributed by atoms with Crippen molar-refractivity contribution in [1.82, 2.24) is 0 Å². The minimum Gasteiger partial charge on any atom is -0.454 e. The largest absolute Gasteiger partial charge is 0.454 e. The maximum Gasteiger partial charge on any atom is 0.153 e. The van der Waals surface area contributed by atoms with Crippen LogP contribution in [-0.4, -0.2) is 17.1 Å². The number of hydrogen-bond acceptors (Lipinski definition) is 7. The van der Waals surface area contributed by atoms with Crippen molar-refractivity contribution in [3.05, 3.63) is 147 Å². The average molecular weight is 819 g/mol. The fourth-order valence-electron chi connectivity index (χ4n) is 6.39. The van der Waals surface area contributed by atoms with Gasteiger partial charge in [-0.15, -0.1) is 11.3 Å². The van der Waals surface area contributed by atoms with Crippen LogP contribution in [0, 0.1) is 18.8 Å². The first kappa shape index (κ1) is 44.5. The molecule has 9 rings (SSSR count). The highest BCUT2D eigenvalue weighted by Crippen LogP contribution is 2.41. The van der Waals surface area contributed by atoms with Crippen molar-refractivity contribution in [2.45, 2.75) is 63.8 Å². The number of rotatable bonds is 2. The summed E-state index contributed by atoms with van der Waals surface area (Å²) in [6.45, 7) is 12.8. The molecule has 0 unspecified atom stereocenters. The number of nitrogens with zero attached hydrogens (tertiary/aromatic N) is 3. The summed E-state index contributed by atoms with van der Waals surface area (Å²) >= 11 is 14.0. The Labute approximate surface area is 353 Å². The third-order valence-corrected chi connectivity index (χ3v) is 10.4. The van der Waals surface area contributed by atoms with E-state index in [4.69, 9.17) is 37.9 Å². The summed E-state index contributed by atoms with van der Waals surface area (Å²) in [6, 6.07) is 37.8. The molecule has 3 aliphatic rings. The van der Waals surface area contributed by atoms with Crippen LogP contribution in [0.3, 0.4) is 0 Å². The van der Waals surface area contributed by atoms with E-state index in [1.807, 2.05) is 91.0 Å². The Bertz CT molecular complexity index is 2450. The molecule has 6 aromatic rings.